The number of unbranched alkanes of at least 4 members (excludes halogenated alkanes) is 3. The largest absolute Gasteiger partial charge is 0.357 e. The normalized spacial score (nSPS) is 19.3. The Morgan fingerprint density at radius 3 is 2.11 bits per heavy atom. The van der Waals surface area contributed by atoms with Crippen LogP contribution >= 0.6 is 21.6 Å². The van der Waals surface area contributed by atoms with E-state index < -0.39 is 0 Å². The summed E-state index contributed by atoms with van der Waals surface area (Å²) in [4.78, 5) is 11.4. The first kappa shape index (κ1) is 17.1. The number of hydrogen-bond acceptors (Lipinski definition) is 6. The van der Waals surface area contributed by atoms with Gasteiger partial charge in [0.15, 0.2) is 10.7 Å². The summed E-state index contributed by atoms with van der Waals surface area (Å²) in [5.74, 6) is 0. The molecule has 1 heterocycles. The lowest BCUT2D eigenvalue weighted by molar-refractivity contribution is 0.309. The van der Waals surface area contributed by atoms with Crippen molar-refractivity contribution in [1.82, 2.24) is 14.7 Å². The fourth-order valence-electron chi connectivity index (χ4n) is 1.84. The Morgan fingerprint density at radius 1 is 0.947 bits per heavy atom. The van der Waals surface area contributed by atoms with Gasteiger partial charge in [0, 0.05) is 20.6 Å². The van der Waals surface area contributed by atoms with Gasteiger partial charge in [-0.2, -0.15) is 0 Å². The average Bonchev–Trinajstić information content (AvgIpc) is 2.82. The molecule has 1 rings (SSSR count). The van der Waals surface area contributed by atoms with Gasteiger partial charge in [0.2, 0.25) is 0 Å². The van der Waals surface area contributed by atoms with Crippen molar-refractivity contribution in [3.8, 4) is 0 Å². The Balaban J connectivity index is 2.10. The molecule has 0 N–H and O–H groups in total. The molecule has 6 heteroatoms. The topological polar surface area (TPSA) is 22.1 Å². The zero-order valence-electron chi connectivity index (χ0n) is 12.9. The summed E-state index contributed by atoms with van der Waals surface area (Å²) in [7, 11) is 14.2. The molecule has 0 aromatic carbocycles. The molecule has 1 aliphatic heterocycles. The van der Waals surface area contributed by atoms with Crippen molar-refractivity contribution in [3.63, 3.8) is 0 Å². The first-order valence-corrected chi connectivity index (χ1v) is 9.15. The first-order valence-electron chi connectivity index (χ1n) is 6.94. The van der Waals surface area contributed by atoms with Crippen LogP contribution in [0.1, 0.15) is 25.7 Å². The summed E-state index contributed by atoms with van der Waals surface area (Å²) in [6, 6.07) is 0. The van der Waals surface area contributed by atoms with Gasteiger partial charge in [0.1, 0.15) is 0 Å². The van der Waals surface area contributed by atoms with Crippen molar-refractivity contribution in [2.45, 2.75) is 31.2 Å². The van der Waals surface area contributed by atoms with Crippen molar-refractivity contribution in [2.75, 3.05) is 48.3 Å². The second-order valence-electron chi connectivity index (χ2n) is 5.51. The maximum Gasteiger partial charge on any atom is 0.172 e. The van der Waals surface area contributed by atoms with E-state index in [1.165, 1.54) is 32.2 Å². The minimum atomic E-state index is 0.296. The third-order valence-corrected chi connectivity index (χ3v) is 5.66. The molecule has 0 radical (unpaired) electrons. The van der Waals surface area contributed by atoms with Gasteiger partial charge < -0.3 is 9.80 Å². The molecule has 0 aliphatic carbocycles. The number of nitrogens with zero attached hydrogens (tertiary/aromatic N) is 4. The van der Waals surface area contributed by atoms with E-state index in [-0.39, 0.29) is 0 Å². The van der Waals surface area contributed by atoms with Crippen molar-refractivity contribution in [1.29, 1.82) is 0 Å². The van der Waals surface area contributed by atoms with Gasteiger partial charge in [-0.1, -0.05) is 12.8 Å². The highest BCUT2D eigenvalue weighted by Gasteiger charge is 2.23. The standard InChI is InChI=1S/C13H28N4S2/c1-15(2)10-8-6-7-9-11-17(5)13-14-12(16(3)4)18-19-13/h13H,6-11H2,1-5H3. The van der Waals surface area contributed by atoms with Crippen LogP contribution < -0.4 is 0 Å². The Kier molecular flexibility index (Phi) is 8.21. The molecule has 0 saturated carbocycles. The van der Waals surface area contributed by atoms with Gasteiger partial charge in [-0.3, -0.25) is 4.90 Å². The van der Waals surface area contributed by atoms with E-state index in [1.807, 2.05) is 10.8 Å². The highest BCUT2D eigenvalue weighted by Crippen LogP contribution is 2.38. The summed E-state index contributed by atoms with van der Waals surface area (Å²) < 4.78 is 0. The fraction of sp³-hybridized carbons (Fsp3) is 0.923. The summed E-state index contributed by atoms with van der Waals surface area (Å²) in [5.41, 5.74) is 0.296. The third kappa shape index (κ3) is 6.88. The molecule has 1 aliphatic rings. The molecule has 0 aromatic rings. The molecule has 0 aromatic heterocycles. The fourth-order valence-corrected chi connectivity index (χ4v) is 4.43. The zero-order valence-corrected chi connectivity index (χ0v) is 14.6. The van der Waals surface area contributed by atoms with Crippen LogP contribution in [0, 0.1) is 0 Å². The van der Waals surface area contributed by atoms with Crippen LogP contribution in [0.3, 0.4) is 0 Å². The van der Waals surface area contributed by atoms with Crippen LogP contribution in [-0.2, 0) is 0 Å². The molecule has 0 bridgehead atoms. The second-order valence-corrected chi connectivity index (χ2v) is 7.73. The SMILES string of the molecule is CN(C)CCCCCCN(C)C1N=C(N(C)C)SS1. The predicted octanol–water partition coefficient (Wildman–Crippen LogP) is 2.64. The Morgan fingerprint density at radius 2 is 1.58 bits per heavy atom. The monoisotopic (exact) mass is 304 g/mol. The van der Waals surface area contributed by atoms with Crippen LogP contribution in [0.4, 0.5) is 0 Å². The van der Waals surface area contributed by atoms with E-state index in [2.05, 4.69) is 49.9 Å². The first-order chi connectivity index (χ1) is 9.00. The van der Waals surface area contributed by atoms with Crippen LogP contribution in [-0.4, -0.2) is 73.7 Å². The summed E-state index contributed by atoms with van der Waals surface area (Å²) in [6.45, 7) is 2.35. The second kappa shape index (κ2) is 9.10. The molecule has 0 saturated heterocycles. The lowest BCUT2D eigenvalue weighted by Crippen LogP contribution is -2.27. The van der Waals surface area contributed by atoms with Gasteiger partial charge >= 0.3 is 0 Å². The van der Waals surface area contributed by atoms with Gasteiger partial charge in [0.05, 0.1) is 0 Å². The number of aliphatic imine (C=N–C) groups is 1. The molecule has 0 amide bonds. The van der Waals surface area contributed by atoms with Crippen LogP contribution in [0.2, 0.25) is 0 Å². The molecule has 112 valence electrons. The van der Waals surface area contributed by atoms with Gasteiger partial charge in [-0.05, 0) is 62.1 Å². The minimum absolute atomic E-state index is 0.296. The highest BCUT2D eigenvalue weighted by molar-refractivity contribution is 8.82. The number of rotatable bonds is 8. The Labute approximate surface area is 126 Å². The predicted molar refractivity (Wildman–Crippen MR) is 89.7 cm³/mol. The summed E-state index contributed by atoms with van der Waals surface area (Å²) >= 11 is 0. The Bertz CT molecular complexity index is 282. The lowest BCUT2D eigenvalue weighted by Gasteiger charge is -2.20. The maximum absolute atomic E-state index is 4.71. The van der Waals surface area contributed by atoms with E-state index in [0.717, 1.165) is 11.7 Å². The van der Waals surface area contributed by atoms with E-state index >= 15 is 0 Å². The van der Waals surface area contributed by atoms with E-state index in [4.69, 9.17) is 4.99 Å². The third-order valence-electron chi connectivity index (χ3n) is 3.06. The summed E-state index contributed by atoms with van der Waals surface area (Å²) in [6.07, 6.45) is 5.25. The molecule has 0 fully saturated rings. The van der Waals surface area contributed by atoms with Crippen molar-refractivity contribution in [3.05, 3.63) is 0 Å². The molecule has 1 unspecified atom stereocenters. The number of amidine groups is 1. The van der Waals surface area contributed by atoms with Gasteiger partial charge in [0.25, 0.3) is 0 Å². The van der Waals surface area contributed by atoms with Crippen molar-refractivity contribution >= 4 is 26.8 Å². The molecular formula is C13H28N4S2. The summed E-state index contributed by atoms with van der Waals surface area (Å²) in [5, 5.41) is 1.13. The quantitative estimate of drug-likeness (QED) is 0.506. The molecular weight excluding hydrogens is 276 g/mol. The van der Waals surface area contributed by atoms with Crippen molar-refractivity contribution in [2.24, 2.45) is 4.99 Å². The van der Waals surface area contributed by atoms with Crippen LogP contribution in [0.5, 0.6) is 0 Å². The van der Waals surface area contributed by atoms with E-state index in [9.17, 15) is 0 Å². The average molecular weight is 305 g/mol. The molecule has 1 atom stereocenters. The molecule has 0 spiro atoms. The van der Waals surface area contributed by atoms with Crippen LogP contribution in [0.15, 0.2) is 4.99 Å². The maximum atomic E-state index is 4.71. The Hall–Kier alpha value is 0.0900. The van der Waals surface area contributed by atoms with E-state index in [0.29, 0.717) is 5.50 Å². The lowest BCUT2D eigenvalue weighted by atomic mass is 10.2. The highest BCUT2D eigenvalue weighted by atomic mass is 33.1. The zero-order chi connectivity index (χ0) is 14.3. The van der Waals surface area contributed by atoms with Crippen molar-refractivity contribution < 1.29 is 0 Å². The smallest absolute Gasteiger partial charge is 0.172 e. The number of hydrogen-bond donors (Lipinski definition) is 0. The minimum Gasteiger partial charge on any atom is -0.357 e. The molecule has 19 heavy (non-hydrogen) atoms. The van der Waals surface area contributed by atoms with Crippen LogP contribution in [0.25, 0.3) is 0 Å². The molecule has 4 nitrogen and oxygen atoms in total. The van der Waals surface area contributed by atoms with Gasteiger partial charge in [-0.15, -0.1) is 0 Å². The van der Waals surface area contributed by atoms with E-state index in [1.54, 1.807) is 10.8 Å². The van der Waals surface area contributed by atoms with Gasteiger partial charge in [-0.25, -0.2) is 4.99 Å².